The number of halogens is 2. The Kier molecular flexibility index (Phi) is 8.76. The highest BCUT2D eigenvalue weighted by Crippen LogP contribution is 2.32. The number of aryl methyl sites for hydroxylation is 1. The van der Waals surface area contributed by atoms with Gasteiger partial charge in [0, 0.05) is 58.3 Å². The van der Waals surface area contributed by atoms with E-state index in [0.29, 0.717) is 43.1 Å². The van der Waals surface area contributed by atoms with E-state index in [4.69, 9.17) is 15.2 Å². The Morgan fingerprint density at radius 1 is 0.978 bits per heavy atom. The second-order valence-electron chi connectivity index (χ2n) is 10.5. The molecular formula is C33H30F2N6O4. The summed E-state index contributed by atoms with van der Waals surface area (Å²) in [6.07, 6.45) is 7.84. The Morgan fingerprint density at radius 2 is 1.82 bits per heavy atom. The summed E-state index contributed by atoms with van der Waals surface area (Å²) in [7, 11) is 0. The molecule has 10 nitrogen and oxygen atoms in total. The summed E-state index contributed by atoms with van der Waals surface area (Å²) in [5.74, 6) is -1.28. The summed E-state index contributed by atoms with van der Waals surface area (Å²) < 4.78 is 43.0. The first kappa shape index (κ1) is 29.9. The number of benzene rings is 2. The number of nitrogens with two attached hydrogens (primary N) is 1. The molecule has 0 unspecified atom stereocenters. The van der Waals surface area contributed by atoms with Gasteiger partial charge in [-0.05, 0) is 29.8 Å². The van der Waals surface area contributed by atoms with E-state index < -0.39 is 23.8 Å². The zero-order valence-electron chi connectivity index (χ0n) is 24.2. The number of rotatable bonds is 9. The molecule has 1 amide bonds. The highest BCUT2D eigenvalue weighted by molar-refractivity contribution is 6.04. The molecule has 0 spiro atoms. The third-order valence-electron chi connectivity index (χ3n) is 7.43. The van der Waals surface area contributed by atoms with Crippen LogP contribution in [0.2, 0.25) is 0 Å². The van der Waals surface area contributed by atoms with E-state index in [1.807, 2.05) is 6.20 Å². The van der Waals surface area contributed by atoms with Gasteiger partial charge in [-0.15, -0.1) is 0 Å². The molecular weight excluding hydrogens is 582 g/mol. The molecule has 0 radical (unpaired) electrons. The first-order valence-corrected chi connectivity index (χ1v) is 14.3. The van der Waals surface area contributed by atoms with Gasteiger partial charge in [0.1, 0.15) is 30.0 Å². The molecule has 45 heavy (non-hydrogen) atoms. The van der Waals surface area contributed by atoms with Gasteiger partial charge in [0.25, 0.3) is 5.91 Å². The van der Waals surface area contributed by atoms with Crippen LogP contribution in [-0.4, -0.2) is 57.8 Å². The van der Waals surface area contributed by atoms with E-state index in [0.717, 1.165) is 11.6 Å². The van der Waals surface area contributed by atoms with Gasteiger partial charge >= 0.3 is 0 Å². The minimum absolute atomic E-state index is 0.0388. The molecule has 0 aliphatic carbocycles. The van der Waals surface area contributed by atoms with E-state index in [2.05, 4.69) is 15.4 Å². The standard InChI is InChI=1S/C33H30F2N6O4/c34-8-9-40-18-28(21-4-2-1-3-5-21)31(42)29(19-40)33(43)39-24-6-7-26(30(35)13-24)27-12-22(14-37-32(27)36)23-15-38-41(16-23)17-25-20-44-10-11-45-25/h1-7,12-16,18-19,25H,8-11,17,20H2,(H2,36,37)(H,39,43)/t25-/m0/s1. The lowest BCUT2D eigenvalue weighted by Gasteiger charge is -2.22. The number of hydrogen-bond acceptors (Lipinski definition) is 7. The highest BCUT2D eigenvalue weighted by atomic mass is 19.1. The van der Waals surface area contributed by atoms with Crippen LogP contribution in [0.3, 0.4) is 0 Å². The molecule has 1 saturated heterocycles. The molecule has 3 aromatic heterocycles. The maximum atomic E-state index is 15.5. The molecule has 3 N–H and O–H groups in total. The number of nitrogen functional groups attached to an aromatic ring is 1. The minimum atomic E-state index is -0.747. The second kappa shape index (κ2) is 13.2. The molecule has 1 aliphatic rings. The Morgan fingerprint density at radius 3 is 2.58 bits per heavy atom. The van der Waals surface area contributed by atoms with Crippen LogP contribution in [0.4, 0.5) is 20.3 Å². The number of carbonyl (C=O) groups excluding carboxylic acids is 1. The Hall–Kier alpha value is -5.20. The summed E-state index contributed by atoms with van der Waals surface area (Å²) in [5, 5.41) is 6.99. The molecule has 0 bridgehead atoms. The number of hydrogen-bond donors (Lipinski definition) is 2. The van der Waals surface area contributed by atoms with Gasteiger partial charge in [-0.2, -0.15) is 5.10 Å². The molecule has 5 aromatic rings. The summed E-state index contributed by atoms with van der Waals surface area (Å²) in [5.41, 5.74) is 8.39. The van der Waals surface area contributed by atoms with Gasteiger partial charge < -0.3 is 25.1 Å². The van der Waals surface area contributed by atoms with Gasteiger partial charge in [0.15, 0.2) is 0 Å². The van der Waals surface area contributed by atoms with E-state index in [9.17, 15) is 14.0 Å². The quantitative estimate of drug-likeness (QED) is 0.245. The number of ether oxygens (including phenoxy) is 2. The Labute approximate surface area is 257 Å². The predicted molar refractivity (Wildman–Crippen MR) is 166 cm³/mol. The van der Waals surface area contributed by atoms with Crippen LogP contribution >= 0.6 is 0 Å². The lowest BCUT2D eigenvalue weighted by molar-refractivity contribution is -0.0946. The molecule has 1 fully saturated rings. The van der Waals surface area contributed by atoms with Crippen molar-refractivity contribution >= 4 is 17.4 Å². The molecule has 2 aromatic carbocycles. The van der Waals surface area contributed by atoms with Crippen molar-refractivity contribution in [1.82, 2.24) is 19.3 Å². The molecule has 0 saturated carbocycles. The van der Waals surface area contributed by atoms with Gasteiger partial charge in [-0.3, -0.25) is 14.3 Å². The number of aromatic nitrogens is 4. The minimum Gasteiger partial charge on any atom is -0.383 e. The van der Waals surface area contributed by atoms with Gasteiger partial charge in [0.2, 0.25) is 5.43 Å². The van der Waals surface area contributed by atoms with Crippen LogP contribution in [0.5, 0.6) is 0 Å². The smallest absolute Gasteiger partial charge is 0.261 e. The fourth-order valence-corrected chi connectivity index (χ4v) is 5.16. The van der Waals surface area contributed by atoms with Crippen molar-refractivity contribution in [2.24, 2.45) is 0 Å². The van der Waals surface area contributed by atoms with E-state index >= 15 is 4.39 Å². The van der Waals surface area contributed by atoms with Crippen molar-refractivity contribution in [3.8, 4) is 33.4 Å². The average Bonchev–Trinajstić information content (AvgIpc) is 3.51. The second-order valence-corrected chi connectivity index (χ2v) is 10.5. The fourth-order valence-electron chi connectivity index (χ4n) is 5.16. The van der Waals surface area contributed by atoms with Crippen LogP contribution in [-0.2, 0) is 22.6 Å². The zero-order valence-corrected chi connectivity index (χ0v) is 24.2. The third-order valence-corrected chi connectivity index (χ3v) is 7.43. The van der Waals surface area contributed by atoms with Crippen LogP contribution in [0, 0.1) is 5.82 Å². The Bertz CT molecular complexity index is 1890. The maximum Gasteiger partial charge on any atom is 0.261 e. The number of anilines is 2. The largest absolute Gasteiger partial charge is 0.383 e. The SMILES string of the molecule is Nc1ncc(-c2cnn(C[C@H]3COCCO3)c2)cc1-c1ccc(NC(=O)c2cn(CCF)cc(-c3ccccc3)c2=O)cc1F. The average molecular weight is 613 g/mol. The number of nitrogens with zero attached hydrogens (tertiary/aromatic N) is 4. The van der Waals surface area contributed by atoms with Crippen LogP contribution < -0.4 is 16.5 Å². The maximum absolute atomic E-state index is 15.5. The molecule has 6 rings (SSSR count). The first-order valence-electron chi connectivity index (χ1n) is 14.3. The summed E-state index contributed by atoms with van der Waals surface area (Å²) in [6, 6.07) is 14.6. The van der Waals surface area contributed by atoms with Crippen LogP contribution in [0.25, 0.3) is 33.4 Å². The zero-order chi connectivity index (χ0) is 31.3. The third kappa shape index (κ3) is 6.66. The van der Waals surface area contributed by atoms with Crippen molar-refractivity contribution in [3.05, 3.63) is 107 Å². The van der Waals surface area contributed by atoms with Crippen molar-refractivity contribution < 1.29 is 23.0 Å². The van der Waals surface area contributed by atoms with E-state index in [-0.39, 0.29) is 40.8 Å². The Balaban J connectivity index is 1.23. The van der Waals surface area contributed by atoms with Crippen molar-refractivity contribution in [1.29, 1.82) is 0 Å². The van der Waals surface area contributed by atoms with E-state index in [1.165, 1.54) is 29.1 Å². The number of nitrogens with one attached hydrogen (secondary N) is 1. The lowest BCUT2D eigenvalue weighted by atomic mass is 10.0. The first-order chi connectivity index (χ1) is 21.9. The van der Waals surface area contributed by atoms with Crippen LogP contribution in [0.1, 0.15) is 10.4 Å². The van der Waals surface area contributed by atoms with Gasteiger partial charge in [0.05, 0.1) is 39.1 Å². The summed E-state index contributed by atoms with van der Waals surface area (Å²) >= 11 is 0. The fraction of sp³-hybridized carbons (Fsp3) is 0.212. The monoisotopic (exact) mass is 612 g/mol. The topological polar surface area (TPSA) is 126 Å². The molecule has 12 heteroatoms. The van der Waals surface area contributed by atoms with Gasteiger partial charge in [-0.25, -0.2) is 13.8 Å². The predicted octanol–water partition coefficient (Wildman–Crippen LogP) is 4.80. The number of carbonyl (C=O) groups is 1. The van der Waals surface area contributed by atoms with Crippen LogP contribution in [0.15, 0.2) is 90.4 Å². The normalized spacial score (nSPS) is 14.8. The molecule has 1 aliphatic heterocycles. The number of alkyl halides is 1. The number of pyridine rings is 2. The molecule has 1 atom stereocenters. The van der Waals surface area contributed by atoms with Crippen molar-refractivity contribution in [2.75, 3.05) is 37.5 Å². The van der Waals surface area contributed by atoms with Crippen molar-refractivity contribution in [2.45, 2.75) is 19.2 Å². The summed E-state index contributed by atoms with van der Waals surface area (Å²) in [4.78, 5) is 30.8. The van der Waals surface area contributed by atoms with Crippen molar-refractivity contribution in [3.63, 3.8) is 0 Å². The highest BCUT2D eigenvalue weighted by Gasteiger charge is 2.19. The molecule has 230 valence electrons. The summed E-state index contributed by atoms with van der Waals surface area (Å²) in [6.45, 7) is 1.42. The lowest BCUT2D eigenvalue weighted by Crippen LogP contribution is -2.32. The van der Waals surface area contributed by atoms with E-state index in [1.54, 1.807) is 53.5 Å². The van der Waals surface area contributed by atoms with Gasteiger partial charge in [-0.1, -0.05) is 30.3 Å². The molecule has 4 heterocycles. The number of amides is 1.